The maximum atomic E-state index is 12.1. The molecular formula is C17H14N2OS. The first kappa shape index (κ1) is 13.6. The Bertz CT molecular complexity index is 796. The number of carbonyl (C=O) groups excluding carboxylic acids is 1. The molecule has 3 nitrogen and oxygen atoms in total. The van der Waals surface area contributed by atoms with Gasteiger partial charge in [-0.15, -0.1) is 12.6 Å². The van der Waals surface area contributed by atoms with Gasteiger partial charge in [-0.2, -0.15) is 0 Å². The highest BCUT2D eigenvalue weighted by atomic mass is 32.1. The molecule has 1 heterocycles. The zero-order chi connectivity index (χ0) is 14.7. The number of thiol groups is 1. The van der Waals surface area contributed by atoms with Crippen molar-refractivity contribution in [2.75, 3.05) is 0 Å². The number of carbonyl (C=O) groups is 1. The summed E-state index contributed by atoms with van der Waals surface area (Å²) >= 11 is 4.25. The van der Waals surface area contributed by atoms with Gasteiger partial charge in [-0.3, -0.25) is 9.78 Å². The summed E-state index contributed by atoms with van der Waals surface area (Å²) in [6.45, 7) is 0.448. The molecule has 0 aliphatic carbocycles. The quantitative estimate of drug-likeness (QED) is 0.726. The van der Waals surface area contributed by atoms with Crippen molar-refractivity contribution in [3.05, 3.63) is 71.9 Å². The number of pyridine rings is 1. The predicted octanol–water partition coefficient (Wildman–Crippen LogP) is 3.45. The molecule has 21 heavy (non-hydrogen) atoms. The molecule has 0 atom stereocenters. The molecule has 0 bridgehead atoms. The fourth-order valence-corrected chi connectivity index (χ4v) is 2.46. The minimum atomic E-state index is -0.112. The van der Waals surface area contributed by atoms with Crippen LogP contribution in [0.25, 0.3) is 10.9 Å². The molecule has 4 heteroatoms. The van der Waals surface area contributed by atoms with E-state index in [1.807, 2.05) is 42.5 Å². The van der Waals surface area contributed by atoms with Crippen molar-refractivity contribution in [3.63, 3.8) is 0 Å². The number of fused-ring (bicyclic) bond motifs is 1. The van der Waals surface area contributed by atoms with Gasteiger partial charge in [0.25, 0.3) is 5.91 Å². The van der Waals surface area contributed by atoms with Gasteiger partial charge in [0.15, 0.2) is 0 Å². The fourth-order valence-electron chi connectivity index (χ4n) is 2.23. The van der Waals surface area contributed by atoms with Crippen LogP contribution in [-0.2, 0) is 6.54 Å². The van der Waals surface area contributed by atoms with E-state index in [4.69, 9.17) is 0 Å². The molecular weight excluding hydrogens is 280 g/mol. The number of hydrogen-bond donors (Lipinski definition) is 2. The summed E-state index contributed by atoms with van der Waals surface area (Å²) < 4.78 is 0. The van der Waals surface area contributed by atoms with Crippen molar-refractivity contribution in [1.82, 2.24) is 10.3 Å². The molecule has 0 saturated heterocycles. The highest BCUT2D eigenvalue weighted by molar-refractivity contribution is 7.80. The number of rotatable bonds is 3. The third kappa shape index (κ3) is 3.06. The molecule has 0 fully saturated rings. The maximum absolute atomic E-state index is 12.1. The molecule has 1 N–H and O–H groups in total. The van der Waals surface area contributed by atoms with E-state index in [1.54, 1.807) is 18.3 Å². The Kier molecular flexibility index (Phi) is 3.88. The first-order valence-corrected chi connectivity index (χ1v) is 7.08. The molecule has 3 aromatic rings. The Morgan fingerprint density at radius 1 is 1.10 bits per heavy atom. The number of para-hydroxylation sites is 1. The average Bonchev–Trinajstić information content (AvgIpc) is 2.52. The highest BCUT2D eigenvalue weighted by Crippen LogP contribution is 2.16. The third-order valence-corrected chi connectivity index (χ3v) is 3.54. The second-order valence-electron chi connectivity index (χ2n) is 4.73. The van der Waals surface area contributed by atoms with Gasteiger partial charge in [0.1, 0.15) is 0 Å². The third-order valence-electron chi connectivity index (χ3n) is 3.26. The molecule has 3 rings (SSSR count). The van der Waals surface area contributed by atoms with Crippen LogP contribution in [0.4, 0.5) is 0 Å². The Morgan fingerprint density at radius 3 is 2.76 bits per heavy atom. The first-order chi connectivity index (χ1) is 10.2. The van der Waals surface area contributed by atoms with Gasteiger partial charge in [0.2, 0.25) is 0 Å². The van der Waals surface area contributed by atoms with Crippen molar-refractivity contribution < 1.29 is 4.79 Å². The average molecular weight is 294 g/mol. The van der Waals surface area contributed by atoms with Crippen LogP contribution in [-0.4, -0.2) is 10.9 Å². The standard InChI is InChI=1S/C17H14N2OS/c20-17(13-5-2-8-15(21)10-13)19-11-14-6-1-4-12-7-3-9-18-16(12)14/h1-10,21H,11H2,(H,19,20). The zero-order valence-corrected chi connectivity index (χ0v) is 12.2. The topological polar surface area (TPSA) is 42.0 Å². The van der Waals surface area contributed by atoms with Gasteiger partial charge < -0.3 is 5.32 Å². The summed E-state index contributed by atoms with van der Waals surface area (Å²) in [4.78, 5) is 17.3. The van der Waals surface area contributed by atoms with E-state index in [0.29, 0.717) is 12.1 Å². The summed E-state index contributed by atoms with van der Waals surface area (Å²) in [5, 5.41) is 3.99. The van der Waals surface area contributed by atoms with E-state index >= 15 is 0 Å². The molecule has 1 aromatic heterocycles. The zero-order valence-electron chi connectivity index (χ0n) is 11.3. The van der Waals surface area contributed by atoms with Crippen LogP contribution in [0.5, 0.6) is 0 Å². The van der Waals surface area contributed by atoms with Crippen LogP contribution in [0, 0.1) is 0 Å². The molecule has 0 spiro atoms. The SMILES string of the molecule is O=C(NCc1cccc2cccnc12)c1cccc(S)c1. The normalized spacial score (nSPS) is 10.5. The van der Waals surface area contributed by atoms with Crippen molar-refractivity contribution in [2.24, 2.45) is 0 Å². The summed E-state index contributed by atoms with van der Waals surface area (Å²) in [6, 6.07) is 17.1. The predicted molar refractivity (Wildman–Crippen MR) is 86.6 cm³/mol. The van der Waals surface area contributed by atoms with Crippen molar-refractivity contribution in [3.8, 4) is 0 Å². The van der Waals surface area contributed by atoms with E-state index in [1.165, 1.54) is 0 Å². The van der Waals surface area contributed by atoms with E-state index < -0.39 is 0 Å². The Labute approximate surface area is 128 Å². The summed E-state index contributed by atoms with van der Waals surface area (Å²) in [7, 11) is 0. The number of benzene rings is 2. The first-order valence-electron chi connectivity index (χ1n) is 6.64. The van der Waals surface area contributed by atoms with E-state index in [9.17, 15) is 4.79 Å². The smallest absolute Gasteiger partial charge is 0.251 e. The molecule has 0 unspecified atom stereocenters. The Morgan fingerprint density at radius 2 is 1.90 bits per heavy atom. The summed E-state index contributed by atoms with van der Waals surface area (Å²) in [5.74, 6) is -0.112. The number of nitrogens with one attached hydrogen (secondary N) is 1. The van der Waals surface area contributed by atoms with Gasteiger partial charge in [-0.25, -0.2) is 0 Å². The minimum Gasteiger partial charge on any atom is -0.348 e. The lowest BCUT2D eigenvalue weighted by Gasteiger charge is -2.08. The van der Waals surface area contributed by atoms with Gasteiger partial charge in [-0.05, 0) is 29.8 Å². The van der Waals surface area contributed by atoms with Crippen molar-refractivity contribution in [2.45, 2.75) is 11.4 Å². The second-order valence-corrected chi connectivity index (χ2v) is 5.24. The lowest BCUT2D eigenvalue weighted by Crippen LogP contribution is -2.22. The molecule has 2 aromatic carbocycles. The van der Waals surface area contributed by atoms with Crippen molar-refractivity contribution in [1.29, 1.82) is 0 Å². The van der Waals surface area contributed by atoms with E-state index in [2.05, 4.69) is 22.9 Å². The molecule has 0 radical (unpaired) electrons. The van der Waals surface area contributed by atoms with Crippen molar-refractivity contribution >= 4 is 29.4 Å². The maximum Gasteiger partial charge on any atom is 0.251 e. The molecule has 0 aliphatic heterocycles. The largest absolute Gasteiger partial charge is 0.348 e. The second kappa shape index (κ2) is 5.97. The minimum absolute atomic E-state index is 0.112. The lowest BCUT2D eigenvalue weighted by atomic mass is 10.1. The Balaban J connectivity index is 1.79. The van der Waals surface area contributed by atoms with Crippen LogP contribution in [0.15, 0.2) is 65.7 Å². The van der Waals surface area contributed by atoms with Gasteiger partial charge >= 0.3 is 0 Å². The molecule has 0 saturated carbocycles. The number of amides is 1. The monoisotopic (exact) mass is 294 g/mol. The van der Waals surface area contributed by atoms with Crippen LogP contribution < -0.4 is 5.32 Å². The highest BCUT2D eigenvalue weighted by Gasteiger charge is 2.07. The number of nitrogens with zero attached hydrogens (tertiary/aromatic N) is 1. The van der Waals surface area contributed by atoms with Gasteiger partial charge in [-0.1, -0.05) is 30.3 Å². The lowest BCUT2D eigenvalue weighted by molar-refractivity contribution is 0.0951. The number of aromatic nitrogens is 1. The molecule has 1 amide bonds. The van der Waals surface area contributed by atoms with Crippen LogP contribution in [0.2, 0.25) is 0 Å². The number of hydrogen-bond acceptors (Lipinski definition) is 3. The van der Waals surface area contributed by atoms with E-state index in [0.717, 1.165) is 21.4 Å². The molecule has 0 aliphatic rings. The summed E-state index contributed by atoms with van der Waals surface area (Å²) in [5.41, 5.74) is 2.53. The van der Waals surface area contributed by atoms with Crippen LogP contribution in [0.1, 0.15) is 15.9 Å². The van der Waals surface area contributed by atoms with Gasteiger partial charge in [0, 0.05) is 28.6 Å². The molecule has 104 valence electrons. The van der Waals surface area contributed by atoms with Gasteiger partial charge in [0.05, 0.1) is 5.52 Å². The van der Waals surface area contributed by atoms with Crippen LogP contribution in [0.3, 0.4) is 0 Å². The van der Waals surface area contributed by atoms with E-state index in [-0.39, 0.29) is 5.91 Å². The fraction of sp³-hybridized carbons (Fsp3) is 0.0588. The van der Waals surface area contributed by atoms with Crippen LogP contribution >= 0.6 is 12.6 Å². The Hall–Kier alpha value is -2.33. The summed E-state index contributed by atoms with van der Waals surface area (Å²) in [6.07, 6.45) is 1.76.